The fourth-order valence-corrected chi connectivity index (χ4v) is 4.63. The van der Waals surface area contributed by atoms with Crippen LogP contribution in [-0.4, -0.2) is 20.6 Å². The highest BCUT2D eigenvalue weighted by Gasteiger charge is 2.20. The Balaban J connectivity index is 1.68. The maximum atomic E-state index is 6.29. The predicted octanol–water partition coefficient (Wildman–Crippen LogP) is 6.88. The molecule has 0 bridgehead atoms. The Morgan fingerprint density at radius 2 is 1.70 bits per heavy atom. The summed E-state index contributed by atoms with van der Waals surface area (Å²) in [5.41, 5.74) is 4.17. The second-order valence-electron chi connectivity index (χ2n) is 8.01. The van der Waals surface area contributed by atoms with Crippen LogP contribution in [0, 0.1) is 0 Å². The number of rotatable bonds is 4. The summed E-state index contributed by atoms with van der Waals surface area (Å²) in [6, 6.07) is 18.8. The van der Waals surface area contributed by atoms with Gasteiger partial charge in [-0.2, -0.15) is 0 Å². The summed E-state index contributed by atoms with van der Waals surface area (Å²) >= 11 is 6.29. The second kappa shape index (κ2) is 8.49. The molecule has 2 heterocycles. The van der Waals surface area contributed by atoms with Crippen LogP contribution in [0.2, 0.25) is 5.02 Å². The third-order valence-corrected chi connectivity index (χ3v) is 6.19. The lowest BCUT2D eigenvalue weighted by Crippen LogP contribution is -2.19. The van der Waals surface area contributed by atoms with Crippen LogP contribution in [0.5, 0.6) is 0 Å². The number of anilines is 1. The van der Waals surface area contributed by atoms with E-state index in [1.807, 2.05) is 24.3 Å². The zero-order valence-electron chi connectivity index (χ0n) is 16.9. The van der Waals surface area contributed by atoms with E-state index in [-0.39, 0.29) is 0 Å². The third kappa shape index (κ3) is 3.80. The van der Waals surface area contributed by atoms with E-state index in [9.17, 15) is 0 Å². The molecule has 5 heteroatoms. The lowest BCUT2D eigenvalue weighted by Gasteiger charge is -2.18. The van der Waals surface area contributed by atoms with E-state index in [2.05, 4.69) is 56.4 Å². The van der Waals surface area contributed by atoms with Gasteiger partial charge in [0.25, 0.3) is 0 Å². The van der Waals surface area contributed by atoms with Crippen molar-refractivity contribution in [2.24, 2.45) is 0 Å². The minimum atomic E-state index is 0.462. The number of fused-ring (bicyclic) bond motifs is 1. The Bertz CT molecular complexity index is 1140. The van der Waals surface area contributed by atoms with E-state index in [0.29, 0.717) is 11.1 Å². The highest BCUT2D eigenvalue weighted by atomic mass is 35.5. The summed E-state index contributed by atoms with van der Waals surface area (Å²) in [6.07, 6.45) is 11.4. The minimum absolute atomic E-state index is 0.462. The molecule has 1 aliphatic rings. The smallest absolute Gasteiger partial charge is 0.150 e. The van der Waals surface area contributed by atoms with Gasteiger partial charge in [-0.05, 0) is 36.6 Å². The summed E-state index contributed by atoms with van der Waals surface area (Å²) in [6.45, 7) is 0. The van der Waals surface area contributed by atoms with Crippen molar-refractivity contribution >= 4 is 28.5 Å². The number of benzene rings is 2. The topological polar surface area (TPSA) is 42.7 Å². The van der Waals surface area contributed by atoms with Crippen molar-refractivity contribution < 1.29 is 0 Å². The molecule has 0 saturated heterocycles. The van der Waals surface area contributed by atoms with Crippen LogP contribution in [0.3, 0.4) is 0 Å². The van der Waals surface area contributed by atoms with Gasteiger partial charge in [0, 0.05) is 28.5 Å². The van der Waals surface area contributed by atoms with Gasteiger partial charge in [0.1, 0.15) is 12.1 Å². The van der Waals surface area contributed by atoms with Crippen LogP contribution in [0.15, 0.2) is 67.1 Å². The summed E-state index contributed by atoms with van der Waals surface area (Å²) in [5, 5.41) is 5.53. The van der Waals surface area contributed by atoms with Crippen molar-refractivity contribution in [2.45, 2.75) is 44.6 Å². The maximum Gasteiger partial charge on any atom is 0.150 e. The van der Waals surface area contributed by atoms with E-state index in [0.717, 1.165) is 33.7 Å². The molecule has 1 N–H and O–H groups in total. The monoisotopic (exact) mass is 416 g/mol. The molecule has 30 heavy (non-hydrogen) atoms. The van der Waals surface area contributed by atoms with Gasteiger partial charge in [0.15, 0.2) is 5.65 Å². The van der Waals surface area contributed by atoms with Crippen LogP contribution in [-0.2, 0) is 0 Å². The molecule has 0 unspecified atom stereocenters. The van der Waals surface area contributed by atoms with Gasteiger partial charge in [-0.25, -0.2) is 9.97 Å². The summed E-state index contributed by atoms with van der Waals surface area (Å²) < 4.78 is 2.11. The first-order chi connectivity index (χ1) is 14.8. The Kier molecular flexibility index (Phi) is 5.41. The molecule has 0 atom stereocenters. The second-order valence-corrected chi connectivity index (χ2v) is 8.45. The highest BCUT2D eigenvalue weighted by molar-refractivity contribution is 6.30. The fourth-order valence-electron chi connectivity index (χ4n) is 4.45. The Morgan fingerprint density at radius 3 is 2.47 bits per heavy atom. The molecule has 5 rings (SSSR count). The first-order valence-electron chi connectivity index (χ1n) is 10.7. The van der Waals surface area contributed by atoms with E-state index >= 15 is 0 Å². The molecule has 1 fully saturated rings. The number of nitrogens with zero attached hydrogens (tertiary/aromatic N) is 3. The Morgan fingerprint density at radius 1 is 0.900 bits per heavy atom. The molecule has 0 aliphatic heterocycles. The van der Waals surface area contributed by atoms with Gasteiger partial charge in [-0.3, -0.25) is 0 Å². The van der Waals surface area contributed by atoms with Crippen molar-refractivity contribution in [3.8, 4) is 16.8 Å². The SMILES string of the molecule is Clc1cccc(-n2cc(-c3ccccc3)c3c(NC4CCCCCC4)ncnc32)c1. The molecular weight excluding hydrogens is 392 g/mol. The molecule has 0 amide bonds. The summed E-state index contributed by atoms with van der Waals surface area (Å²) in [5.74, 6) is 0.923. The van der Waals surface area contributed by atoms with Crippen LogP contribution < -0.4 is 5.32 Å². The van der Waals surface area contributed by atoms with Crippen molar-refractivity contribution in [3.05, 3.63) is 72.1 Å². The lowest BCUT2D eigenvalue weighted by atomic mass is 10.1. The first kappa shape index (κ1) is 19.1. The Labute approximate surface area is 181 Å². The first-order valence-corrected chi connectivity index (χ1v) is 11.1. The molecular formula is C25H25ClN4. The minimum Gasteiger partial charge on any atom is -0.367 e. The standard InChI is InChI=1S/C25H25ClN4/c26-19-11-8-14-21(15-19)30-16-22(18-9-4-3-5-10-18)23-24(27-17-28-25(23)30)29-20-12-6-1-2-7-13-20/h3-5,8-11,14-17,20H,1-2,6-7,12-13H2,(H,27,28,29). The van der Waals surface area contributed by atoms with Gasteiger partial charge < -0.3 is 9.88 Å². The molecule has 2 aromatic carbocycles. The normalized spacial score (nSPS) is 15.2. The zero-order chi connectivity index (χ0) is 20.3. The Hall–Kier alpha value is -2.85. The van der Waals surface area contributed by atoms with Gasteiger partial charge >= 0.3 is 0 Å². The molecule has 0 spiro atoms. The van der Waals surface area contributed by atoms with Crippen molar-refractivity contribution in [2.75, 3.05) is 5.32 Å². The molecule has 1 saturated carbocycles. The maximum absolute atomic E-state index is 6.29. The summed E-state index contributed by atoms with van der Waals surface area (Å²) in [4.78, 5) is 9.36. The molecule has 0 radical (unpaired) electrons. The molecule has 1 aliphatic carbocycles. The third-order valence-electron chi connectivity index (χ3n) is 5.95. The predicted molar refractivity (Wildman–Crippen MR) is 124 cm³/mol. The molecule has 2 aromatic heterocycles. The van der Waals surface area contributed by atoms with Crippen molar-refractivity contribution in [1.82, 2.24) is 14.5 Å². The van der Waals surface area contributed by atoms with Crippen molar-refractivity contribution in [1.29, 1.82) is 0 Å². The van der Waals surface area contributed by atoms with E-state index in [1.54, 1.807) is 6.33 Å². The van der Waals surface area contributed by atoms with Crippen molar-refractivity contribution in [3.63, 3.8) is 0 Å². The van der Waals surface area contributed by atoms with Crippen LogP contribution in [0.25, 0.3) is 27.8 Å². The number of hydrogen-bond donors (Lipinski definition) is 1. The quantitative estimate of drug-likeness (QED) is 0.369. The average Bonchev–Trinajstić information content (AvgIpc) is 2.98. The average molecular weight is 417 g/mol. The lowest BCUT2D eigenvalue weighted by molar-refractivity contribution is 0.618. The molecule has 4 aromatic rings. The highest BCUT2D eigenvalue weighted by Crippen LogP contribution is 2.36. The van der Waals surface area contributed by atoms with Gasteiger partial charge in [0.05, 0.1) is 5.39 Å². The van der Waals surface area contributed by atoms with Gasteiger partial charge in [0.2, 0.25) is 0 Å². The number of nitrogens with one attached hydrogen (secondary N) is 1. The summed E-state index contributed by atoms with van der Waals surface area (Å²) in [7, 11) is 0. The number of aromatic nitrogens is 3. The molecule has 4 nitrogen and oxygen atoms in total. The largest absolute Gasteiger partial charge is 0.367 e. The zero-order valence-corrected chi connectivity index (χ0v) is 17.6. The van der Waals surface area contributed by atoms with E-state index < -0.39 is 0 Å². The number of hydrogen-bond acceptors (Lipinski definition) is 3. The fraction of sp³-hybridized carbons (Fsp3) is 0.280. The van der Waals surface area contributed by atoms with E-state index in [4.69, 9.17) is 11.6 Å². The van der Waals surface area contributed by atoms with Crippen LogP contribution >= 0.6 is 11.6 Å². The van der Waals surface area contributed by atoms with Crippen LogP contribution in [0.4, 0.5) is 5.82 Å². The van der Waals surface area contributed by atoms with Crippen LogP contribution in [0.1, 0.15) is 38.5 Å². The van der Waals surface area contributed by atoms with E-state index in [1.165, 1.54) is 38.5 Å². The molecule has 152 valence electrons. The number of halogens is 1. The van der Waals surface area contributed by atoms with Gasteiger partial charge in [-0.15, -0.1) is 0 Å². The van der Waals surface area contributed by atoms with Gasteiger partial charge in [-0.1, -0.05) is 73.7 Å².